The lowest BCUT2D eigenvalue weighted by atomic mass is 10.1. The van der Waals surface area contributed by atoms with E-state index in [9.17, 15) is 9.59 Å². The van der Waals surface area contributed by atoms with Crippen LogP contribution in [-0.2, 0) is 14.3 Å². The van der Waals surface area contributed by atoms with E-state index in [4.69, 9.17) is 39.5 Å². The molecule has 114 valence electrons. The first-order valence-corrected chi connectivity index (χ1v) is 7.41. The molecule has 1 aliphatic carbocycles. The van der Waals surface area contributed by atoms with Crippen LogP contribution in [0.4, 0.5) is 5.69 Å². The van der Waals surface area contributed by atoms with Crippen LogP contribution in [0.5, 0.6) is 0 Å². The summed E-state index contributed by atoms with van der Waals surface area (Å²) in [5.41, 5.74) is 0.376. The molecule has 1 aromatic carbocycles. The Morgan fingerprint density at radius 3 is 2.57 bits per heavy atom. The Balaban J connectivity index is 1.89. The van der Waals surface area contributed by atoms with Crippen LogP contribution in [-0.4, -0.2) is 22.8 Å². The van der Waals surface area contributed by atoms with E-state index >= 15 is 0 Å². The topological polar surface area (TPSA) is 55.4 Å². The lowest BCUT2D eigenvalue weighted by molar-refractivity contribution is -0.152. The third kappa shape index (κ3) is 3.28. The molecule has 1 saturated carbocycles. The molecule has 0 saturated heterocycles. The number of carbonyl (C=O) groups excluding carboxylic acids is 2. The number of hydrogen-bond acceptors (Lipinski definition) is 3. The van der Waals surface area contributed by atoms with E-state index in [0.29, 0.717) is 17.1 Å². The molecule has 2 rings (SSSR count). The summed E-state index contributed by atoms with van der Waals surface area (Å²) in [5, 5.41) is 3.18. The van der Waals surface area contributed by atoms with E-state index < -0.39 is 28.2 Å². The summed E-state index contributed by atoms with van der Waals surface area (Å²) in [4.78, 5) is 23.6. The number of ether oxygens (including phenoxy) is 1. The standard InChI is InChI=1S/C14H14Cl3NO3/c1-8-9(15)4-3-5-10(8)18-11(19)6-21-12(20)13(2)7-14(13,16)17/h3-5H,6-7H2,1-2H3,(H,18,19)/t13-/m1/s1. The van der Waals surface area contributed by atoms with Gasteiger partial charge in [-0.3, -0.25) is 9.59 Å². The number of amides is 1. The molecule has 1 fully saturated rings. The van der Waals surface area contributed by atoms with Gasteiger partial charge in [-0.15, -0.1) is 23.2 Å². The molecule has 0 aliphatic heterocycles. The van der Waals surface area contributed by atoms with Crippen molar-refractivity contribution in [3.8, 4) is 0 Å². The van der Waals surface area contributed by atoms with E-state index in [0.717, 1.165) is 5.56 Å². The molecule has 1 N–H and O–H groups in total. The molecule has 21 heavy (non-hydrogen) atoms. The molecule has 0 aromatic heterocycles. The zero-order valence-electron chi connectivity index (χ0n) is 11.5. The first-order valence-electron chi connectivity index (χ1n) is 6.27. The average Bonchev–Trinajstić information content (AvgIpc) is 2.92. The molecule has 1 atom stereocenters. The van der Waals surface area contributed by atoms with Crippen LogP contribution in [0.25, 0.3) is 0 Å². The Morgan fingerprint density at radius 1 is 1.38 bits per heavy atom. The summed E-state index contributed by atoms with van der Waals surface area (Å²) < 4.78 is 3.85. The molecule has 0 unspecified atom stereocenters. The summed E-state index contributed by atoms with van der Waals surface area (Å²) in [6.45, 7) is 2.99. The van der Waals surface area contributed by atoms with Gasteiger partial charge in [-0.25, -0.2) is 0 Å². The summed E-state index contributed by atoms with van der Waals surface area (Å²) in [6.07, 6.45) is 0.316. The average molecular weight is 351 g/mol. The van der Waals surface area contributed by atoms with Crippen molar-refractivity contribution in [1.29, 1.82) is 0 Å². The minimum Gasteiger partial charge on any atom is -0.455 e. The van der Waals surface area contributed by atoms with Crippen molar-refractivity contribution in [3.63, 3.8) is 0 Å². The maximum absolute atomic E-state index is 11.8. The predicted molar refractivity (Wildman–Crippen MR) is 82.9 cm³/mol. The molecular weight excluding hydrogens is 337 g/mol. The second-order valence-corrected chi connectivity index (χ2v) is 7.14. The van der Waals surface area contributed by atoms with Gasteiger partial charge >= 0.3 is 5.97 Å². The highest BCUT2D eigenvalue weighted by Crippen LogP contribution is 2.64. The smallest absolute Gasteiger partial charge is 0.315 e. The van der Waals surface area contributed by atoms with Gasteiger partial charge in [0.25, 0.3) is 5.91 Å². The normalized spacial score (nSPS) is 22.5. The van der Waals surface area contributed by atoms with E-state index in [1.54, 1.807) is 32.0 Å². The number of nitrogens with one attached hydrogen (secondary N) is 1. The van der Waals surface area contributed by atoms with Crippen LogP contribution in [0.1, 0.15) is 18.9 Å². The van der Waals surface area contributed by atoms with Crippen molar-refractivity contribution in [2.75, 3.05) is 11.9 Å². The van der Waals surface area contributed by atoms with Gasteiger partial charge in [0.2, 0.25) is 0 Å². The lowest BCUT2D eigenvalue weighted by Crippen LogP contribution is -2.27. The van der Waals surface area contributed by atoms with E-state index in [1.165, 1.54) is 0 Å². The predicted octanol–water partition coefficient (Wildman–Crippen LogP) is 3.71. The maximum atomic E-state index is 11.8. The molecule has 1 aromatic rings. The molecule has 0 heterocycles. The molecule has 0 spiro atoms. The fraction of sp³-hybridized carbons (Fsp3) is 0.429. The Hall–Kier alpha value is -0.970. The highest BCUT2D eigenvalue weighted by atomic mass is 35.5. The number of anilines is 1. The third-order valence-corrected chi connectivity index (χ3v) is 5.10. The number of rotatable bonds is 4. The Labute approximate surface area is 137 Å². The molecule has 4 nitrogen and oxygen atoms in total. The zero-order chi connectivity index (χ0) is 15.8. The minimum atomic E-state index is -1.11. The number of halogens is 3. The number of alkyl halides is 2. The van der Waals surface area contributed by atoms with Gasteiger partial charge in [-0.1, -0.05) is 17.7 Å². The van der Waals surface area contributed by atoms with Crippen LogP contribution in [0.2, 0.25) is 5.02 Å². The molecule has 0 bridgehead atoms. The highest BCUT2D eigenvalue weighted by Gasteiger charge is 2.69. The van der Waals surface area contributed by atoms with Gasteiger partial charge in [0.1, 0.15) is 9.75 Å². The van der Waals surface area contributed by atoms with E-state index in [-0.39, 0.29) is 0 Å². The summed E-state index contributed by atoms with van der Waals surface area (Å²) in [6, 6.07) is 5.16. The van der Waals surface area contributed by atoms with Crippen molar-refractivity contribution >= 4 is 52.4 Å². The fourth-order valence-electron chi connectivity index (χ4n) is 1.84. The van der Waals surface area contributed by atoms with E-state index in [1.807, 2.05) is 0 Å². The van der Waals surface area contributed by atoms with Crippen LogP contribution in [0, 0.1) is 12.3 Å². The van der Waals surface area contributed by atoms with Crippen molar-refractivity contribution in [2.24, 2.45) is 5.41 Å². The molecule has 1 aliphatic rings. The molecular formula is C14H14Cl3NO3. The molecule has 0 radical (unpaired) electrons. The second-order valence-electron chi connectivity index (χ2n) is 5.25. The number of carbonyl (C=O) groups is 2. The number of benzene rings is 1. The number of esters is 1. The first-order chi connectivity index (χ1) is 9.67. The quantitative estimate of drug-likeness (QED) is 0.665. The zero-order valence-corrected chi connectivity index (χ0v) is 13.8. The maximum Gasteiger partial charge on any atom is 0.315 e. The Kier molecular flexibility index (Phi) is 4.43. The van der Waals surface area contributed by atoms with Gasteiger partial charge in [0.15, 0.2) is 6.61 Å². The summed E-state index contributed by atoms with van der Waals surface area (Å²) in [7, 11) is 0. The van der Waals surface area contributed by atoms with Gasteiger partial charge in [0.05, 0.1) is 0 Å². The fourth-order valence-corrected chi connectivity index (χ4v) is 2.70. The van der Waals surface area contributed by atoms with Crippen molar-refractivity contribution in [2.45, 2.75) is 24.6 Å². The van der Waals surface area contributed by atoms with Gasteiger partial charge in [0, 0.05) is 17.1 Å². The summed E-state index contributed by atoms with van der Waals surface area (Å²) >= 11 is 17.7. The Morgan fingerprint density at radius 2 is 2.00 bits per heavy atom. The third-order valence-electron chi connectivity index (χ3n) is 3.58. The van der Waals surface area contributed by atoms with Crippen LogP contribution >= 0.6 is 34.8 Å². The lowest BCUT2D eigenvalue weighted by Gasteiger charge is -2.13. The molecule has 7 heteroatoms. The largest absolute Gasteiger partial charge is 0.455 e. The Bertz CT molecular complexity index is 603. The minimum absolute atomic E-state index is 0.316. The van der Waals surface area contributed by atoms with Crippen molar-refractivity contribution < 1.29 is 14.3 Å². The van der Waals surface area contributed by atoms with Crippen LogP contribution in [0.15, 0.2) is 18.2 Å². The second kappa shape index (κ2) is 5.67. The van der Waals surface area contributed by atoms with Gasteiger partial charge in [-0.05, 0) is 31.5 Å². The monoisotopic (exact) mass is 349 g/mol. The molecule has 1 amide bonds. The van der Waals surface area contributed by atoms with Crippen molar-refractivity contribution in [3.05, 3.63) is 28.8 Å². The SMILES string of the molecule is Cc1c(Cl)cccc1NC(=O)COC(=O)[C@@]1(C)CC1(Cl)Cl. The number of hydrogen-bond donors (Lipinski definition) is 1. The summed E-state index contributed by atoms with van der Waals surface area (Å²) in [5.74, 6) is -1.03. The van der Waals surface area contributed by atoms with E-state index in [2.05, 4.69) is 5.32 Å². The van der Waals surface area contributed by atoms with Crippen LogP contribution < -0.4 is 5.32 Å². The first kappa shape index (κ1) is 16.4. The van der Waals surface area contributed by atoms with Gasteiger partial charge < -0.3 is 10.1 Å². The van der Waals surface area contributed by atoms with Gasteiger partial charge in [-0.2, -0.15) is 0 Å². The highest BCUT2D eigenvalue weighted by molar-refractivity contribution is 6.53. The van der Waals surface area contributed by atoms with Crippen LogP contribution in [0.3, 0.4) is 0 Å². The van der Waals surface area contributed by atoms with Crippen molar-refractivity contribution in [1.82, 2.24) is 0 Å².